The van der Waals surface area contributed by atoms with Crippen LogP contribution in [0.5, 0.6) is 5.75 Å². The van der Waals surface area contributed by atoms with Crippen LogP contribution in [-0.2, 0) is 14.4 Å². The molecule has 0 bridgehead atoms. The largest absolute Gasteiger partial charge is 0.496 e. The number of ether oxygens (including phenoxy) is 1. The molecule has 2 aromatic rings. The van der Waals surface area contributed by atoms with E-state index >= 15 is 0 Å². The highest BCUT2D eigenvalue weighted by molar-refractivity contribution is 7.20. The number of hydrogen-bond donors (Lipinski definition) is 2. The van der Waals surface area contributed by atoms with Gasteiger partial charge in [-0.1, -0.05) is 19.4 Å². The van der Waals surface area contributed by atoms with Gasteiger partial charge in [-0.25, -0.2) is 0 Å². The van der Waals surface area contributed by atoms with E-state index in [0.717, 1.165) is 29.3 Å². The summed E-state index contributed by atoms with van der Waals surface area (Å²) in [7, 11) is 1.61. The van der Waals surface area contributed by atoms with Crippen molar-refractivity contribution in [1.82, 2.24) is 15.5 Å². The number of thiophene rings is 1. The Labute approximate surface area is 214 Å². The number of fused-ring (bicyclic) bond motifs is 2. The molecule has 1 saturated carbocycles. The molecule has 5 unspecified atom stereocenters. The first-order valence-corrected chi connectivity index (χ1v) is 13.7. The molecule has 3 fully saturated rings. The van der Waals surface area contributed by atoms with Crippen LogP contribution in [0.3, 0.4) is 0 Å². The average molecular weight is 512 g/mol. The zero-order valence-corrected chi connectivity index (χ0v) is 21.6. The Bertz CT molecular complexity index is 1190. The third-order valence-corrected chi connectivity index (χ3v) is 9.20. The Kier molecular flexibility index (Phi) is 7.01. The quantitative estimate of drug-likeness (QED) is 0.567. The molecular weight excluding hydrogens is 478 g/mol. The lowest BCUT2D eigenvalue weighted by Gasteiger charge is -2.29. The van der Waals surface area contributed by atoms with Gasteiger partial charge in [-0.2, -0.15) is 0 Å². The van der Waals surface area contributed by atoms with E-state index in [9.17, 15) is 19.2 Å². The number of methoxy groups -OCH3 is 1. The van der Waals surface area contributed by atoms with Crippen LogP contribution < -0.4 is 15.4 Å². The maximum atomic E-state index is 13.8. The maximum Gasteiger partial charge on any atom is 0.264 e. The Morgan fingerprint density at radius 1 is 1.25 bits per heavy atom. The van der Waals surface area contributed by atoms with Gasteiger partial charge in [-0.05, 0) is 55.7 Å². The van der Waals surface area contributed by atoms with Crippen molar-refractivity contribution in [3.8, 4) is 5.75 Å². The van der Waals surface area contributed by atoms with Gasteiger partial charge in [0.25, 0.3) is 5.91 Å². The van der Waals surface area contributed by atoms with Gasteiger partial charge in [-0.3, -0.25) is 19.2 Å². The molecule has 9 heteroatoms. The van der Waals surface area contributed by atoms with Gasteiger partial charge in [0.15, 0.2) is 5.78 Å². The zero-order valence-electron chi connectivity index (χ0n) is 20.7. The second-order valence-corrected chi connectivity index (χ2v) is 11.2. The molecule has 192 valence electrons. The van der Waals surface area contributed by atoms with Gasteiger partial charge in [0.2, 0.25) is 11.8 Å². The van der Waals surface area contributed by atoms with Crippen molar-refractivity contribution in [3.63, 3.8) is 0 Å². The van der Waals surface area contributed by atoms with E-state index < -0.39 is 12.1 Å². The summed E-state index contributed by atoms with van der Waals surface area (Å²) in [4.78, 5) is 54.7. The summed E-state index contributed by atoms with van der Waals surface area (Å²) in [5.41, 5.74) is 0. The highest BCUT2D eigenvalue weighted by Crippen LogP contribution is 2.44. The predicted octanol–water partition coefficient (Wildman–Crippen LogP) is 3.14. The first-order chi connectivity index (χ1) is 17.4. The third kappa shape index (κ3) is 4.49. The number of carbonyl (C=O) groups is 4. The smallest absolute Gasteiger partial charge is 0.264 e. The zero-order chi connectivity index (χ0) is 25.4. The molecule has 2 aliphatic heterocycles. The molecule has 1 aromatic heterocycles. The van der Waals surface area contributed by atoms with E-state index in [1.807, 2.05) is 24.3 Å². The first kappa shape index (κ1) is 24.7. The van der Waals surface area contributed by atoms with Crippen LogP contribution in [0, 0.1) is 17.8 Å². The van der Waals surface area contributed by atoms with E-state index in [1.165, 1.54) is 11.3 Å². The molecule has 3 amide bonds. The number of hydrogen-bond acceptors (Lipinski definition) is 6. The summed E-state index contributed by atoms with van der Waals surface area (Å²) in [5.74, 6) is 0.236. The number of nitrogens with zero attached hydrogens (tertiary/aromatic N) is 1. The summed E-state index contributed by atoms with van der Waals surface area (Å²) in [5, 5.41) is 6.66. The minimum atomic E-state index is -0.720. The molecule has 3 heterocycles. The van der Waals surface area contributed by atoms with E-state index in [-0.39, 0.29) is 47.7 Å². The molecule has 5 atom stereocenters. The normalized spacial score (nSPS) is 26.1. The van der Waals surface area contributed by atoms with Crippen molar-refractivity contribution in [2.75, 3.05) is 20.2 Å². The lowest BCUT2D eigenvalue weighted by molar-refractivity contribution is -0.132. The molecule has 8 nitrogen and oxygen atoms in total. The van der Waals surface area contributed by atoms with Crippen LogP contribution in [-0.4, -0.2) is 60.7 Å². The summed E-state index contributed by atoms with van der Waals surface area (Å²) in [6.45, 7) is 2.91. The van der Waals surface area contributed by atoms with E-state index in [1.54, 1.807) is 18.9 Å². The average Bonchev–Trinajstić information content (AvgIpc) is 3.66. The SMILES string of the molecule is CCC(=O)C(CC1CCNC1=O)NC(=O)C1C2CCCC2CN1C(=O)c1cc2c(OC)cccc2s1. The Hall–Kier alpha value is -2.94. The Balaban J connectivity index is 1.39. The van der Waals surface area contributed by atoms with E-state index in [4.69, 9.17) is 4.74 Å². The number of amides is 3. The van der Waals surface area contributed by atoms with Crippen molar-refractivity contribution in [2.24, 2.45) is 17.8 Å². The monoisotopic (exact) mass is 511 g/mol. The van der Waals surface area contributed by atoms with Crippen LogP contribution in [0.15, 0.2) is 24.3 Å². The molecule has 3 aliphatic rings. The molecule has 36 heavy (non-hydrogen) atoms. The fraction of sp³-hybridized carbons (Fsp3) is 0.556. The van der Waals surface area contributed by atoms with Crippen molar-refractivity contribution in [1.29, 1.82) is 0 Å². The minimum Gasteiger partial charge on any atom is -0.496 e. The van der Waals surface area contributed by atoms with E-state index in [0.29, 0.717) is 36.6 Å². The second kappa shape index (κ2) is 10.2. The van der Waals surface area contributed by atoms with Crippen LogP contribution in [0.25, 0.3) is 10.1 Å². The molecule has 2 N–H and O–H groups in total. The molecule has 1 aliphatic carbocycles. The van der Waals surface area contributed by atoms with Crippen LogP contribution in [0.2, 0.25) is 0 Å². The highest BCUT2D eigenvalue weighted by Gasteiger charge is 2.50. The number of ketones is 1. The number of rotatable bonds is 8. The Morgan fingerprint density at radius 3 is 2.81 bits per heavy atom. The van der Waals surface area contributed by atoms with E-state index in [2.05, 4.69) is 10.6 Å². The highest BCUT2D eigenvalue weighted by atomic mass is 32.1. The van der Waals surface area contributed by atoms with Gasteiger partial charge in [-0.15, -0.1) is 11.3 Å². The molecule has 2 saturated heterocycles. The third-order valence-electron chi connectivity index (χ3n) is 8.11. The van der Waals surface area contributed by atoms with Gasteiger partial charge >= 0.3 is 0 Å². The number of nitrogens with one attached hydrogen (secondary N) is 2. The van der Waals surface area contributed by atoms with Crippen molar-refractivity contribution >= 4 is 44.9 Å². The van der Waals surface area contributed by atoms with Gasteiger partial charge in [0.1, 0.15) is 11.8 Å². The number of carbonyl (C=O) groups excluding carboxylic acids is 4. The summed E-state index contributed by atoms with van der Waals surface area (Å²) >= 11 is 1.41. The number of Topliss-reactive ketones (excluding diaryl/α,β-unsaturated/α-hetero) is 1. The molecule has 5 rings (SSSR count). The topological polar surface area (TPSA) is 105 Å². The van der Waals surface area contributed by atoms with Crippen molar-refractivity contribution in [3.05, 3.63) is 29.1 Å². The fourth-order valence-corrected chi connectivity index (χ4v) is 7.27. The lowest BCUT2D eigenvalue weighted by atomic mass is 9.91. The second-order valence-electron chi connectivity index (χ2n) is 10.1. The molecular formula is C27H33N3O5S. The standard InChI is InChI=1S/C27H33N3O5S/c1-3-20(31)19(12-15-10-11-28-25(15)32)29-26(33)24-17-7-4-6-16(17)14-30(24)27(34)23-13-18-21(35-2)8-5-9-22(18)36-23/h5,8-9,13,15-17,19,24H,3-4,6-7,10-12,14H2,1-2H3,(H,28,32)(H,29,33). The first-order valence-electron chi connectivity index (χ1n) is 12.9. The van der Waals surface area contributed by atoms with Crippen molar-refractivity contribution in [2.45, 2.75) is 57.5 Å². The van der Waals surface area contributed by atoms with Crippen molar-refractivity contribution < 1.29 is 23.9 Å². The number of benzene rings is 1. The molecule has 0 spiro atoms. The lowest BCUT2D eigenvalue weighted by Crippen LogP contribution is -2.53. The van der Waals surface area contributed by atoms with Crippen LogP contribution >= 0.6 is 11.3 Å². The maximum absolute atomic E-state index is 13.8. The Morgan fingerprint density at radius 2 is 2.08 bits per heavy atom. The van der Waals surface area contributed by atoms with Crippen LogP contribution in [0.1, 0.15) is 55.1 Å². The molecule has 1 aromatic carbocycles. The summed E-state index contributed by atoms with van der Waals surface area (Å²) in [6, 6.07) is 6.26. The molecule has 0 radical (unpaired) electrons. The van der Waals surface area contributed by atoms with Crippen LogP contribution in [0.4, 0.5) is 0 Å². The fourth-order valence-electron chi connectivity index (χ4n) is 6.24. The summed E-state index contributed by atoms with van der Waals surface area (Å²) in [6.07, 6.45) is 4.18. The van der Waals surface area contributed by atoms with Gasteiger partial charge in [0.05, 0.1) is 18.0 Å². The minimum absolute atomic E-state index is 0.0631. The number of likely N-dealkylation sites (tertiary alicyclic amines) is 1. The predicted molar refractivity (Wildman–Crippen MR) is 137 cm³/mol. The van der Waals surface area contributed by atoms with Gasteiger partial charge < -0.3 is 20.3 Å². The van der Waals surface area contributed by atoms with Gasteiger partial charge in [0, 0.05) is 35.5 Å². The summed E-state index contributed by atoms with van der Waals surface area (Å²) < 4.78 is 6.42.